The fourth-order valence-electron chi connectivity index (χ4n) is 7.43. The van der Waals surface area contributed by atoms with Crippen molar-refractivity contribution in [1.82, 2.24) is 34.0 Å². The molecule has 0 radical (unpaired) electrons. The first-order valence-electron chi connectivity index (χ1n) is 16.2. The minimum absolute atomic E-state index is 0.0569. The Labute approximate surface area is 291 Å². The molecule has 0 bridgehead atoms. The van der Waals surface area contributed by atoms with E-state index in [2.05, 4.69) is 25.4 Å². The third kappa shape index (κ3) is 6.01. The predicted molar refractivity (Wildman–Crippen MR) is 174 cm³/mol. The Morgan fingerprint density at radius 3 is 2.61 bits per heavy atom. The molecule has 7 rings (SSSR count). The summed E-state index contributed by atoms with van der Waals surface area (Å²) in [6.07, 6.45) is -0.101. The van der Waals surface area contributed by atoms with E-state index in [9.17, 15) is 37.1 Å². The average Bonchev–Trinajstić information content (AvgIpc) is 3.66. The number of benzene rings is 1. The van der Waals surface area contributed by atoms with Crippen LogP contribution in [0.3, 0.4) is 0 Å². The number of carbonyl (C=O) groups is 2. The second-order valence-electron chi connectivity index (χ2n) is 13.0. The van der Waals surface area contributed by atoms with Crippen LogP contribution >= 0.6 is 11.6 Å². The molecule has 2 aliphatic heterocycles. The van der Waals surface area contributed by atoms with Gasteiger partial charge in [0.15, 0.2) is 17.3 Å². The first kappa shape index (κ1) is 34.5. The topological polar surface area (TPSA) is 157 Å². The number of aromatic hydroxyl groups is 1. The van der Waals surface area contributed by atoms with Gasteiger partial charge in [-0.3, -0.25) is 14.4 Å². The molecule has 5 heterocycles. The summed E-state index contributed by atoms with van der Waals surface area (Å²) >= 11 is 6.00. The van der Waals surface area contributed by atoms with Crippen molar-refractivity contribution in [1.29, 1.82) is 0 Å². The number of carbonyl (C=O) groups excluding carboxylic acids is 2. The molecular weight excluding hydrogens is 700 g/mol. The molecule has 18 heteroatoms. The van der Waals surface area contributed by atoms with Gasteiger partial charge in [0.1, 0.15) is 18.7 Å². The second kappa shape index (κ2) is 12.7. The van der Waals surface area contributed by atoms with E-state index in [1.54, 1.807) is 17.9 Å². The number of piperidine rings is 1. The highest BCUT2D eigenvalue weighted by Crippen LogP contribution is 2.50. The van der Waals surface area contributed by atoms with E-state index in [1.165, 1.54) is 10.9 Å². The van der Waals surface area contributed by atoms with Gasteiger partial charge in [-0.1, -0.05) is 24.6 Å². The molecule has 4 aromatic rings. The van der Waals surface area contributed by atoms with Gasteiger partial charge < -0.3 is 24.6 Å². The summed E-state index contributed by atoms with van der Waals surface area (Å²) in [7, 11) is 0. The zero-order valence-corrected chi connectivity index (χ0v) is 28.1. The van der Waals surface area contributed by atoms with Gasteiger partial charge in [0, 0.05) is 29.8 Å². The lowest BCUT2D eigenvalue weighted by molar-refractivity contribution is -0.137. The fourth-order valence-corrected chi connectivity index (χ4v) is 7.69. The number of anilines is 1. The number of fused-ring (bicyclic) bond motifs is 3. The van der Waals surface area contributed by atoms with Gasteiger partial charge in [0.25, 0.3) is 11.5 Å². The van der Waals surface area contributed by atoms with Gasteiger partial charge in [0.2, 0.25) is 11.7 Å². The lowest BCUT2D eigenvalue weighted by Gasteiger charge is -2.39. The largest absolute Gasteiger partial charge is 0.504 e. The highest BCUT2D eigenvalue weighted by molar-refractivity contribution is 6.33. The molecule has 1 atom stereocenters. The fraction of sp³-hybridized carbons (Fsp3) is 0.424. The zero-order valence-electron chi connectivity index (χ0n) is 27.4. The van der Waals surface area contributed by atoms with E-state index >= 15 is 0 Å². The molecule has 1 aliphatic carbocycles. The minimum Gasteiger partial charge on any atom is -0.504 e. The standard InChI is InChI=1S/C33H31ClF4N8O5/c1-16-13-32(5-7-44(8-6-32)30(50)25-27(48)17(2)39-15-40-25)23-26(16)45(31-42-28(43-46(31)29(23)49)18-3-9-51-10-4-18)14-22(47)41-24-20(34)11-19(12-21(24)35)33(36,37)38/h3,11-12,15-16,48H,4-10,13-14H2,1-2H3,(H,41,47)/t16-/m0/s1. The van der Waals surface area contributed by atoms with Crippen molar-refractivity contribution >= 4 is 40.5 Å². The average molecular weight is 731 g/mol. The van der Waals surface area contributed by atoms with E-state index in [0.717, 1.165) is 10.1 Å². The number of halogens is 5. The predicted octanol–water partition coefficient (Wildman–Crippen LogP) is 4.63. The molecule has 3 aromatic heterocycles. The first-order valence-corrected chi connectivity index (χ1v) is 16.5. The molecule has 2 N–H and O–H groups in total. The summed E-state index contributed by atoms with van der Waals surface area (Å²) in [4.78, 5) is 55.4. The van der Waals surface area contributed by atoms with E-state index in [-0.39, 0.29) is 53.8 Å². The molecule has 1 aromatic carbocycles. The zero-order chi connectivity index (χ0) is 36.4. The molecule has 1 fully saturated rings. The maximum atomic E-state index is 14.9. The van der Waals surface area contributed by atoms with Crippen LogP contribution < -0.4 is 10.9 Å². The lowest BCUT2D eigenvalue weighted by Crippen LogP contribution is -2.46. The number of ether oxygens (including phenoxy) is 1. The Kier molecular flexibility index (Phi) is 8.60. The highest BCUT2D eigenvalue weighted by atomic mass is 35.5. The van der Waals surface area contributed by atoms with Crippen molar-refractivity contribution in [3.8, 4) is 5.75 Å². The third-order valence-electron chi connectivity index (χ3n) is 9.88. The van der Waals surface area contributed by atoms with Gasteiger partial charge in [0.05, 0.1) is 35.2 Å². The Bertz CT molecular complexity index is 2170. The Balaban J connectivity index is 1.27. The first-order chi connectivity index (χ1) is 24.2. The number of alkyl halides is 3. The number of nitrogens with one attached hydrogen (secondary N) is 1. The summed E-state index contributed by atoms with van der Waals surface area (Å²) < 4.78 is 62.6. The summed E-state index contributed by atoms with van der Waals surface area (Å²) in [5.41, 5.74) is -1.24. The van der Waals surface area contributed by atoms with Gasteiger partial charge in [-0.05, 0) is 56.2 Å². The van der Waals surface area contributed by atoms with Crippen LogP contribution in [0.25, 0.3) is 11.4 Å². The highest BCUT2D eigenvalue weighted by Gasteiger charge is 2.49. The summed E-state index contributed by atoms with van der Waals surface area (Å²) in [5.74, 6) is -2.92. The van der Waals surface area contributed by atoms with Crippen LogP contribution in [0.1, 0.15) is 77.4 Å². The van der Waals surface area contributed by atoms with Crippen LogP contribution in [0.5, 0.6) is 5.75 Å². The number of rotatable bonds is 5. The number of aryl methyl sites for hydroxylation is 1. The van der Waals surface area contributed by atoms with Crippen molar-refractivity contribution in [2.45, 2.75) is 63.6 Å². The number of aromatic nitrogens is 6. The number of amides is 2. The molecule has 0 saturated carbocycles. The maximum absolute atomic E-state index is 14.9. The van der Waals surface area contributed by atoms with Gasteiger partial charge in [-0.15, -0.1) is 5.10 Å². The summed E-state index contributed by atoms with van der Waals surface area (Å²) in [6.45, 7) is 4.20. The van der Waals surface area contributed by atoms with E-state index in [1.807, 2.05) is 6.92 Å². The number of hydrogen-bond donors (Lipinski definition) is 2. The maximum Gasteiger partial charge on any atom is 0.416 e. The molecule has 1 spiro atoms. The summed E-state index contributed by atoms with van der Waals surface area (Å²) in [5, 5.41) is 16.6. The van der Waals surface area contributed by atoms with Gasteiger partial charge in [-0.25, -0.2) is 14.4 Å². The Hall–Kier alpha value is -4.90. The van der Waals surface area contributed by atoms with Crippen molar-refractivity contribution in [3.63, 3.8) is 0 Å². The molecule has 2 amide bonds. The second-order valence-corrected chi connectivity index (χ2v) is 13.5. The van der Waals surface area contributed by atoms with Crippen LogP contribution in [0.15, 0.2) is 29.3 Å². The van der Waals surface area contributed by atoms with Gasteiger partial charge >= 0.3 is 6.18 Å². The summed E-state index contributed by atoms with van der Waals surface area (Å²) in [6, 6.07) is 0.775. The van der Waals surface area contributed by atoms with E-state index in [0.29, 0.717) is 56.2 Å². The SMILES string of the molecule is Cc1ncnc(C(=O)N2CCC3(CC2)C[C@H](C)c2c3c(=O)n3nc(C4=CCOCC4)nc3n2CC(=O)Nc2c(F)cc(C(F)(F)F)cc2Cl)c1O. The van der Waals surface area contributed by atoms with Crippen LogP contribution in [0.2, 0.25) is 5.02 Å². The van der Waals surface area contributed by atoms with Crippen LogP contribution in [-0.2, 0) is 27.7 Å². The van der Waals surface area contributed by atoms with Crippen molar-refractivity contribution in [2.75, 3.05) is 31.6 Å². The monoisotopic (exact) mass is 730 g/mol. The molecular formula is C33H31ClF4N8O5. The number of nitrogens with zero attached hydrogens (tertiary/aromatic N) is 7. The normalized spacial score (nSPS) is 18.6. The molecule has 268 valence electrons. The Morgan fingerprint density at radius 2 is 1.94 bits per heavy atom. The minimum atomic E-state index is -4.85. The van der Waals surface area contributed by atoms with Gasteiger partial charge in [-0.2, -0.15) is 22.7 Å². The smallest absolute Gasteiger partial charge is 0.416 e. The van der Waals surface area contributed by atoms with Crippen molar-refractivity contribution < 1.29 is 37.0 Å². The number of likely N-dealkylation sites (tertiary alicyclic amines) is 1. The third-order valence-corrected chi connectivity index (χ3v) is 10.2. The number of hydrogen-bond acceptors (Lipinski definition) is 9. The van der Waals surface area contributed by atoms with E-state index < -0.39 is 57.6 Å². The van der Waals surface area contributed by atoms with Crippen LogP contribution in [0.4, 0.5) is 23.2 Å². The van der Waals surface area contributed by atoms with Crippen molar-refractivity contribution in [2.24, 2.45) is 0 Å². The molecule has 0 unspecified atom stereocenters. The lowest BCUT2D eigenvalue weighted by atomic mass is 9.73. The quantitative estimate of drug-likeness (QED) is 0.280. The van der Waals surface area contributed by atoms with Crippen LogP contribution in [0, 0.1) is 12.7 Å². The molecule has 13 nitrogen and oxygen atoms in total. The van der Waals surface area contributed by atoms with Crippen molar-refractivity contribution in [3.05, 3.63) is 79.8 Å². The molecule has 1 saturated heterocycles. The van der Waals surface area contributed by atoms with Crippen LogP contribution in [-0.4, -0.2) is 77.3 Å². The molecule has 51 heavy (non-hydrogen) atoms. The Morgan fingerprint density at radius 1 is 1.20 bits per heavy atom. The molecule has 3 aliphatic rings. The van der Waals surface area contributed by atoms with E-state index in [4.69, 9.17) is 16.3 Å².